The van der Waals surface area contributed by atoms with Gasteiger partial charge in [0.15, 0.2) is 0 Å². The highest BCUT2D eigenvalue weighted by molar-refractivity contribution is 7.14. The summed E-state index contributed by atoms with van der Waals surface area (Å²) in [6, 6.07) is 13.7. The maximum atomic E-state index is 12.2. The highest BCUT2D eigenvalue weighted by Gasteiger charge is 2.11. The van der Waals surface area contributed by atoms with E-state index < -0.39 is 5.63 Å². The van der Waals surface area contributed by atoms with Crippen LogP contribution in [0.1, 0.15) is 5.56 Å². The molecule has 0 aliphatic carbocycles. The van der Waals surface area contributed by atoms with E-state index >= 15 is 0 Å². The largest absolute Gasteiger partial charge is 0.507 e. The van der Waals surface area contributed by atoms with Crippen molar-refractivity contribution < 1.29 is 9.52 Å². The molecule has 0 saturated carbocycles. The van der Waals surface area contributed by atoms with Crippen molar-refractivity contribution in [3.05, 3.63) is 74.9 Å². The summed E-state index contributed by atoms with van der Waals surface area (Å²) in [5.41, 5.74) is 4.22. The first-order chi connectivity index (χ1) is 13.1. The summed E-state index contributed by atoms with van der Waals surface area (Å²) in [7, 11) is 0. The van der Waals surface area contributed by atoms with Crippen LogP contribution in [-0.4, -0.2) is 16.3 Å². The standard InChI is InChI=1S/C19H12ClN3O3S/c20-13-5-6-16(24)12(7-13)9-21-23-19-22-15(10-27-19)14-8-11-3-1-2-4-17(11)26-18(14)25/h1-10,24H,(H,22,23)/b21-9+. The second-order valence-electron chi connectivity index (χ2n) is 5.60. The number of aromatic hydroxyl groups is 1. The van der Waals surface area contributed by atoms with E-state index in [0.717, 1.165) is 5.39 Å². The fourth-order valence-electron chi connectivity index (χ4n) is 2.48. The number of nitrogens with zero attached hydrogens (tertiary/aromatic N) is 2. The summed E-state index contributed by atoms with van der Waals surface area (Å²) in [4.78, 5) is 16.6. The van der Waals surface area contributed by atoms with Crippen LogP contribution in [0, 0.1) is 0 Å². The Balaban J connectivity index is 1.57. The van der Waals surface area contributed by atoms with Gasteiger partial charge in [0.2, 0.25) is 5.13 Å². The smallest absolute Gasteiger partial charge is 0.345 e. The molecule has 0 unspecified atom stereocenters. The first kappa shape index (κ1) is 17.3. The lowest BCUT2D eigenvalue weighted by atomic mass is 10.1. The van der Waals surface area contributed by atoms with Crippen LogP contribution in [0.4, 0.5) is 5.13 Å². The highest BCUT2D eigenvalue weighted by atomic mass is 35.5. The van der Waals surface area contributed by atoms with Gasteiger partial charge < -0.3 is 9.52 Å². The van der Waals surface area contributed by atoms with Crippen molar-refractivity contribution in [2.45, 2.75) is 0 Å². The van der Waals surface area contributed by atoms with Gasteiger partial charge in [0, 0.05) is 21.4 Å². The number of phenols is 1. The number of anilines is 1. The van der Waals surface area contributed by atoms with E-state index in [4.69, 9.17) is 16.0 Å². The van der Waals surface area contributed by atoms with Gasteiger partial charge in [-0.3, -0.25) is 5.43 Å². The number of rotatable bonds is 4. The SMILES string of the molecule is O=c1oc2ccccc2cc1-c1csc(N/N=C/c2cc(Cl)ccc2O)n1. The van der Waals surface area contributed by atoms with Gasteiger partial charge in [0.25, 0.3) is 0 Å². The van der Waals surface area contributed by atoms with E-state index in [2.05, 4.69) is 15.5 Å². The molecule has 8 heteroatoms. The first-order valence-corrected chi connectivity index (χ1v) is 9.12. The molecule has 2 heterocycles. The number of fused-ring (bicyclic) bond motifs is 1. The molecule has 2 aromatic carbocycles. The van der Waals surface area contributed by atoms with Crippen molar-refractivity contribution in [3.8, 4) is 17.0 Å². The van der Waals surface area contributed by atoms with Gasteiger partial charge in [-0.25, -0.2) is 9.78 Å². The van der Waals surface area contributed by atoms with Crippen molar-refractivity contribution in [2.75, 3.05) is 5.43 Å². The second-order valence-corrected chi connectivity index (χ2v) is 6.89. The van der Waals surface area contributed by atoms with Gasteiger partial charge in [0.05, 0.1) is 17.5 Å². The van der Waals surface area contributed by atoms with Gasteiger partial charge >= 0.3 is 5.63 Å². The topological polar surface area (TPSA) is 87.7 Å². The second kappa shape index (κ2) is 7.22. The maximum Gasteiger partial charge on any atom is 0.345 e. The molecule has 0 fully saturated rings. The van der Waals surface area contributed by atoms with Gasteiger partial charge in [-0.15, -0.1) is 11.3 Å². The zero-order chi connectivity index (χ0) is 18.8. The third-order valence-electron chi connectivity index (χ3n) is 3.77. The Kier molecular flexibility index (Phi) is 4.62. The molecule has 0 radical (unpaired) electrons. The molecule has 134 valence electrons. The first-order valence-electron chi connectivity index (χ1n) is 7.86. The summed E-state index contributed by atoms with van der Waals surface area (Å²) < 4.78 is 5.34. The Morgan fingerprint density at radius 2 is 2.07 bits per heavy atom. The Hall–Kier alpha value is -3.16. The van der Waals surface area contributed by atoms with E-state index in [9.17, 15) is 9.90 Å². The number of hydrogen-bond acceptors (Lipinski definition) is 7. The highest BCUT2D eigenvalue weighted by Crippen LogP contribution is 2.25. The van der Waals surface area contributed by atoms with Gasteiger partial charge in [-0.2, -0.15) is 5.10 Å². The van der Waals surface area contributed by atoms with Crippen LogP contribution < -0.4 is 11.1 Å². The number of phenolic OH excluding ortho intramolecular Hbond substituents is 1. The van der Waals surface area contributed by atoms with E-state index in [1.807, 2.05) is 18.2 Å². The molecule has 0 atom stereocenters. The number of aromatic nitrogens is 1. The lowest BCUT2D eigenvalue weighted by molar-refractivity contribution is 0.474. The molecular formula is C19H12ClN3O3S. The van der Waals surface area contributed by atoms with Crippen LogP contribution in [0.2, 0.25) is 5.02 Å². The van der Waals surface area contributed by atoms with Gasteiger partial charge in [-0.05, 0) is 30.3 Å². The fraction of sp³-hybridized carbons (Fsp3) is 0. The minimum absolute atomic E-state index is 0.0681. The van der Waals surface area contributed by atoms with Crippen LogP contribution in [0.5, 0.6) is 5.75 Å². The molecule has 0 amide bonds. The molecular weight excluding hydrogens is 386 g/mol. The third-order valence-corrected chi connectivity index (χ3v) is 4.76. The van der Waals surface area contributed by atoms with E-state index in [-0.39, 0.29) is 5.75 Å². The van der Waals surface area contributed by atoms with Crippen LogP contribution in [0.25, 0.3) is 22.2 Å². The minimum atomic E-state index is -0.446. The third kappa shape index (κ3) is 3.69. The lowest BCUT2D eigenvalue weighted by Gasteiger charge is -2.00. The normalized spacial score (nSPS) is 11.3. The predicted octanol–water partition coefficient (Wildman–Crippen LogP) is 4.72. The van der Waals surface area contributed by atoms with Crippen molar-refractivity contribution in [1.82, 2.24) is 4.98 Å². The molecule has 2 aromatic heterocycles. The van der Waals surface area contributed by atoms with Crippen LogP contribution in [-0.2, 0) is 0 Å². The summed E-state index contributed by atoms with van der Waals surface area (Å²) in [6.45, 7) is 0. The number of hydrogen-bond donors (Lipinski definition) is 2. The number of hydrazone groups is 1. The van der Waals surface area contributed by atoms with Crippen molar-refractivity contribution in [1.29, 1.82) is 0 Å². The van der Waals surface area contributed by atoms with Crippen molar-refractivity contribution in [3.63, 3.8) is 0 Å². The molecule has 2 N–H and O–H groups in total. The van der Waals surface area contributed by atoms with Crippen LogP contribution in [0.3, 0.4) is 0 Å². The molecule has 0 spiro atoms. The molecule has 0 bridgehead atoms. The Bertz CT molecular complexity index is 1220. The maximum absolute atomic E-state index is 12.2. The molecule has 4 aromatic rings. The summed E-state index contributed by atoms with van der Waals surface area (Å²) >= 11 is 7.19. The number of nitrogens with one attached hydrogen (secondary N) is 1. The fourth-order valence-corrected chi connectivity index (χ4v) is 3.32. The molecule has 0 aliphatic heterocycles. The average molecular weight is 398 g/mol. The van der Waals surface area contributed by atoms with Gasteiger partial charge in [0.1, 0.15) is 11.3 Å². The summed E-state index contributed by atoms with van der Waals surface area (Å²) in [6.07, 6.45) is 1.44. The summed E-state index contributed by atoms with van der Waals surface area (Å²) in [5.74, 6) is 0.0681. The van der Waals surface area contributed by atoms with Crippen molar-refractivity contribution in [2.24, 2.45) is 5.10 Å². The monoisotopic (exact) mass is 397 g/mol. The minimum Gasteiger partial charge on any atom is -0.507 e. The van der Waals surface area contributed by atoms with E-state index in [0.29, 0.717) is 32.6 Å². The van der Waals surface area contributed by atoms with E-state index in [1.54, 1.807) is 29.6 Å². The van der Waals surface area contributed by atoms with Crippen LogP contribution in [0.15, 0.2) is 68.2 Å². The number of halogens is 1. The molecule has 6 nitrogen and oxygen atoms in total. The molecule has 27 heavy (non-hydrogen) atoms. The zero-order valence-electron chi connectivity index (χ0n) is 13.7. The Labute approximate surface area is 162 Å². The predicted molar refractivity (Wildman–Crippen MR) is 108 cm³/mol. The molecule has 0 aliphatic rings. The molecule has 0 saturated heterocycles. The Morgan fingerprint density at radius 1 is 1.22 bits per heavy atom. The summed E-state index contributed by atoms with van der Waals surface area (Å²) in [5, 5.41) is 17.4. The number of benzene rings is 2. The number of thiazole rings is 1. The van der Waals surface area contributed by atoms with Crippen molar-refractivity contribution >= 4 is 45.3 Å². The van der Waals surface area contributed by atoms with Gasteiger partial charge in [-0.1, -0.05) is 29.8 Å². The molecule has 4 rings (SSSR count). The average Bonchev–Trinajstić information content (AvgIpc) is 3.12. The quantitative estimate of drug-likeness (QED) is 0.295. The number of para-hydroxylation sites is 1. The lowest BCUT2D eigenvalue weighted by Crippen LogP contribution is -2.02. The van der Waals surface area contributed by atoms with E-state index in [1.165, 1.54) is 23.6 Å². The Morgan fingerprint density at radius 3 is 2.96 bits per heavy atom. The zero-order valence-corrected chi connectivity index (χ0v) is 15.3. The van der Waals surface area contributed by atoms with Crippen LogP contribution >= 0.6 is 22.9 Å².